The lowest BCUT2D eigenvalue weighted by atomic mass is 9.94. The first-order chi connectivity index (χ1) is 12.0. The number of rotatable bonds is 6. The number of fused-ring (bicyclic) bond motifs is 4. The average molecular weight is 349 g/mol. The minimum atomic E-state index is -0.0707. The maximum atomic E-state index is 12.7. The fraction of sp³-hybridized carbons (Fsp3) is 0.722. The van der Waals surface area contributed by atoms with E-state index in [1.54, 1.807) is 7.11 Å². The zero-order valence-corrected chi connectivity index (χ0v) is 15.3. The number of aryl methyl sites for hydroxylation is 2. The van der Waals surface area contributed by atoms with E-state index in [-0.39, 0.29) is 23.8 Å². The number of aromatic nitrogens is 1. The van der Waals surface area contributed by atoms with Gasteiger partial charge in [0.05, 0.1) is 18.2 Å². The fourth-order valence-corrected chi connectivity index (χ4v) is 3.98. The van der Waals surface area contributed by atoms with Crippen molar-refractivity contribution in [2.45, 2.75) is 45.6 Å². The molecule has 0 aromatic carbocycles. The fourth-order valence-electron chi connectivity index (χ4n) is 3.98. The molecule has 0 spiro atoms. The SMILES string of the molecule is COCCN1C(=O)[C@H]2CC[C@@H]1CN(C(=O)CCc1c(C)noc1C)C2. The summed E-state index contributed by atoms with van der Waals surface area (Å²) in [7, 11) is 1.64. The van der Waals surface area contributed by atoms with E-state index in [1.165, 1.54) is 0 Å². The molecule has 4 rings (SSSR count). The molecule has 1 aromatic rings. The molecule has 7 heteroatoms. The van der Waals surface area contributed by atoms with Crippen LogP contribution < -0.4 is 0 Å². The van der Waals surface area contributed by atoms with Gasteiger partial charge in [0.15, 0.2) is 0 Å². The molecule has 3 fully saturated rings. The number of hydrogen-bond donors (Lipinski definition) is 0. The lowest BCUT2D eigenvalue weighted by Gasteiger charge is -2.35. The van der Waals surface area contributed by atoms with Crippen molar-refractivity contribution in [1.29, 1.82) is 0 Å². The van der Waals surface area contributed by atoms with E-state index in [1.807, 2.05) is 23.6 Å². The number of piperidine rings is 1. The van der Waals surface area contributed by atoms with Gasteiger partial charge in [-0.2, -0.15) is 0 Å². The highest BCUT2D eigenvalue weighted by Gasteiger charge is 2.41. The highest BCUT2D eigenvalue weighted by atomic mass is 16.5. The largest absolute Gasteiger partial charge is 0.383 e. The van der Waals surface area contributed by atoms with Crippen molar-refractivity contribution >= 4 is 11.8 Å². The normalized spacial score (nSPS) is 23.2. The van der Waals surface area contributed by atoms with Gasteiger partial charge in [-0.05, 0) is 33.1 Å². The van der Waals surface area contributed by atoms with Crippen molar-refractivity contribution in [2.24, 2.45) is 5.92 Å². The lowest BCUT2D eigenvalue weighted by Crippen LogP contribution is -2.49. The second-order valence-electron chi connectivity index (χ2n) is 7.05. The van der Waals surface area contributed by atoms with Crippen LogP contribution >= 0.6 is 0 Å². The molecule has 1 aromatic heterocycles. The van der Waals surface area contributed by atoms with Crippen molar-refractivity contribution in [3.63, 3.8) is 0 Å². The summed E-state index contributed by atoms with van der Waals surface area (Å²) in [5.41, 5.74) is 1.87. The zero-order chi connectivity index (χ0) is 18.0. The number of carbonyl (C=O) groups excluding carboxylic acids is 2. The third kappa shape index (κ3) is 3.71. The predicted octanol–water partition coefficient (Wildman–Crippen LogP) is 1.32. The molecular weight excluding hydrogens is 322 g/mol. The molecule has 0 aliphatic carbocycles. The Morgan fingerprint density at radius 1 is 1.32 bits per heavy atom. The van der Waals surface area contributed by atoms with Crippen LogP contribution in [0.2, 0.25) is 0 Å². The number of carbonyl (C=O) groups is 2. The first kappa shape index (κ1) is 17.9. The Labute approximate surface area is 148 Å². The van der Waals surface area contributed by atoms with Crippen LogP contribution in [0.25, 0.3) is 0 Å². The van der Waals surface area contributed by atoms with E-state index in [2.05, 4.69) is 5.16 Å². The van der Waals surface area contributed by atoms with Crippen molar-refractivity contribution in [1.82, 2.24) is 15.0 Å². The third-order valence-corrected chi connectivity index (χ3v) is 5.45. The quantitative estimate of drug-likeness (QED) is 0.774. The van der Waals surface area contributed by atoms with Crippen LogP contribution in [0.15, 0.2) is 4.52 Å². The van der Waals surface area contributed by atoms with Crippen LogP contribution in [0, 0.1) is 19.8 Å². The average Bonchev–Trinajstić information content (AvgIpc) is 2.78. The Balaban J connectivity index is 1.63. The highest BCUT2D eigenvalue weighted by Crippen LogP contribution is 2.29. The van der Waals surface area contributed by atoms with Crippen molar-refractivity contribution in [2.75, 3.05) is 33.4 Å². The molecule has 138 valence electrons. The summed E-state index contributed by atoms with van der Waals surface area (Å²) >= 11 is 0. The van der Waals surface area contributed by atoms with Crippen molar-refractivity contribution in [3.05, 3.63) is 17.0 Å². The van der Waals surface area contributed by atoms with E-state index in [9.17, 15) is 9.59 Å². The summed E-state index contributed by atoms with van der Waals surface area (Å²) in [6.07, 6.45) is 2.90. The van der Waals surface area contributed by atoms with Gasteiger partial charge < -0.3 is 19.1 Å². The highest BCUT2D eigenvalue weighted by molar-refractivity contribution is 5.83. The van der Waals surface area contributed by atoms with Gasteiger partial charge in [0.25, 0.3) is 0 Å². The van der Waals surface area contributed by atoms with Gasteiger partial charge in [-0.25, -0.2) is 0 Å². The number of amides is 2. The molecule has 3 aliphatic rings. The molecule has 3 saturated heterocycles. The number of ether oxygens (including phenoxy) is 1. The Bertz CT molecular complexity index is 623. The minimum absolute atomic E-state index is 0.0707. The van der Waals surface area contributed by atoms with Gasteiger partial charge in [0.1, 0.15) is 5.76 Å². The zero-order valence-electron chi connectivity index (χ0n) is 15.3. The predicted molar refractivity (Wildman–Crippen MR) is 91.0 cm³/mol. The molecule has 0 unspecified atom stereocenters. The lowest BCUT2D eigenvalue weighted by molar-refractivity contribution is -0.140. The summed E-state index contributed by atoms with van der Waals surface area (Å²) < 4.78 is 10.3. The summed E-state index contributed by atoms with van der Waals surface area (Å²) in [5.74, 6) is 0.994. The second kappa shape index (κ2) is 7.56. The van der Waals surface area contributed by atoms with Crippen LogP contribution in [0.5, 0.6) is 0 Å². The van der Waals surface area contributed by atoms with Crippen LogP contribution in [-0.2, 0) is 20.7 Å². The van der Waals surface area contributed by atoms with Gasteiger partial charge in [0, 0.05) is 44.8 Å². The molecule has 3 aliphatic heterocycles. The standard InChI is InChI=1S/C18H27N3O4/c1-12-16(13(2)25-19-12)6-7-17(22)20-10-14-4-5-15(11-20)21(18(14)23)8-9-24-3/h14-15H,4-11H2,1-3H3/t14-,15+/m0/s1. The maximum absolute atomic E-state index is 12.7. The Morgan fingerprint density at radius 3 is 2.80 bits per heavy atom. The molecule has 0 N–H and O–H groups in total. The molecule has 2 atom stereocenters. The topological polar surface area (TPSA) is 75.9 Å². The minimum Gasteiger partial charge on any atom is -0.383 e. The van der Waals surface area contributed by atoms with E-state index >= 15 is 0 Å². The first-order valence-corrected chi connectivity index (χ1v) is 9.00. The molecular formula is C18H27N3O4. The molecule has 4 heterocycles. The molecule has 7 nitrogen and oxygen atoms in total. The summed E-state index contributed by atoms with van der Waals surface area (Å²) in [6, 6.07) is 0.115. The molecule has 2 bridgehead atoms. The summed E-state index contributed by atoms with van der Waals surface area (Å²) in [5, 5.41) is 3.94. The molecule has 0 saturated carbocycles. The smallest absolute Gasteiger partial charge is 0.227 e. The van der Waals surface area contributed by atoms with Gasteiger partial charge in [-0.15, -0.1) is 0 Å². The Hall–Kier alpha value is -1.89. The van der Waals surface area contributed by atoms with Gasteiger partial charge >= 0.3 is 0 Å². The van der Waals surface area contributed by atoms with Crippen LogP contribution in [-0.4, -0.2) is 66.2 Å². The Kier molecular flexibility index (Phi) is 5.42. The number of hydrogen-bond acceptors (Lipinski definition) is 5. The molecule has 0 radical (unpaired) electrons. The van der Waals surface area contributed by atoms with Gasteiger partial charge in [-0.1, -0.05) is 5.16 Å². The summed E-state index contributed by atoms with van der Waals surface area (Å²) in [4.78, 5) is 29.2. The van der Waals surface area contributed by atoms with Gasteiger partial charge in [0.2, 0.25) is 11.8 Å². The molecule has 2 amide bonds. The van der Waals surface area contributed by atoms with Gasteiger partial charge in [-0.3, -0.25) is 9.59 Å². The third-order valence-electron chi connectivity index (χ3n) is 5.45. The summed E-state index contributed by atoms with van der Waals surface area (Å²) in [6.45, 7) is 6.09. The number of nitrogens with zero attached hydrogens (tertiary/aromatic N) is 3. The van der Waals surface area contributed by atoms with Crippen LogP contribution in [0.1, 0.15) is 36.3 Å². The van der Waals surface area contributed by atoms with E-state index < -0.39 is 0 Å². The Morgan fingerprint density at radius 2 is 2.12 bits per heavy atom. The van der Waals surface area contributed by atoms with Crippen molar-refractivity contribution < 1.29 is 18.8 Å². The second-order valence-corrected chi connectivity index (χ2v) is 7.05. The van der Waals surface area contributed by atoms with E-state index in [4.69, 9.17) is 9.26 Å². The number of methoxy groups -OCH3 is 1. The molecule has 25 heavy (non-hydrogen) atoms. The van der Waals surface area contributed by atoms with Crippen molar-refractivity contribution in [3.8, 4) is 0 Å². The van der Waals surface area contributed by atoms with Crippen LogP contribution in [0.3, 0.4) is 0 Å². The monoisotopic (exact) mass is 349 g/mol. The maximum Gasteiger partial charge on any atom is 0.227 e. The van der Waals surface area contributed by atoms with Crippen LogP contribution in [0.4, 0.5) is 0 Å². The van der Waals surface area contributed by atoms with E-state index in [0.717, 1.165) is 29.9 Å². The van der Waals surface area contributed by atoms with E-state index in [0.29, 0.717) is 39.1 Å². The first-order valence-electron chi connectivity index (χ1n) is 9.00.